The van der Waals surface area contributed by atoms with Crippen molar-refractivity contribution in [2.45, 2.75) is 33.4 Å². The Morgan fingerprint density at radius 2 is 1.83 bits per heavy atom. The highest BCUT2D eigenvalue weighted by atomic mass is 19.1. The molecule has 0 spiro atoms. The van der Waals surface area contributed by atoms with Gasteiger partial charge in [0.2, 0.25) is 5.91 Å². The Morgan fingerprint density at radius 3 is 2.38 bits per heavy atom. The van der Waals surface area contributed by atoms with Crippen molar-refractivity contribution in [3.05, 3.63) is 68.7 Å². The molecule has 0 saturated carbocycles. The Morgan fingerprint density at radius 1 is 1.21 bits per heavy atom. The lowest BCUT2D eigenvalue weighted by Crippen LogP contribution is -2.40. The quantitative estimate of drug-likeness (QED) is 0.891. The maximum absolute atomic E-state index is 13.1. The van der Waals surface area contributed by atoms with Crippen molar-refractivity contribution in [3.8, 4) is 0 Å². The number of nitrogens with one attached hydrogen (secondary N) is 2. The molecule has 0 saturated heterocycles. The fourth-order valence-corrected chi connectivity index (χ4v) is 2.39. The van der Waals surface area contributed by atoms with Gasteiger partial charge in [-0.1, -0.05) is 32.9 Å². The minimum absolute atomic E-state index is 0.219. The summed E-state index contributed by atoms with van der Waals surface area (Å²) >= 11 is 0. The zero-order chi connectivity index (χ0) is 17.9. The van der Waals surface area contributed by atoms with Gasteiger partial charge in [0.15, 0.2) is 0 Å². The van der Waals surface area contributed by atoms with Crippen LogP contribution in [0.1, 0.15) is 32.4 Å². The third kappa shape index (κ3) is 4.41. The molecule has 0 fully saturated rings. The average molecular weight is 333 g/mol. The fourth-order valence-electron chi connectivity index (χ4n) is 2.39. The molecule has 6 nitrogen and oxygen atoms in total. The van der Waals surface area contributed by atoms with Crippen molar-refractivity contribution in [1.82, 2.24) is 14.9 Å². The molecule has 128 valence electrons. The van der Waals surface area contributed by atoms with E-state index >= 15 is 0 Å². The van der Waals surface area contributed by atoms with Crippen LogP contribution in [-0.2, 0) is 11.3 Å². The monoisotopic (exact) mass is 333 g/mol. The molecule has 1 unspecified atom stereocenters. The Labute approximate surface area is 138 Å². The Balaban J connectivity index is 2.20. The molecule has 1 aromatic heterocycles. The van der Waals surface area contributed by atoms with Gasteiger partial charge < -0.3 is 5.32 Å². The van der Waals surface area contributed by atoms with Gasteiger partial charge in [-0.15, -0.1) is 0 Å². The first kappa shape index (κ1) is 17.7. The third-order valence-electron chi connectivity index (χ3n) is 3.59. The molecular weight excluding hydrogens is 313 g/mol. The molecule has 1 heterocycles. The van der Waals surface area contributed by atoms with Crippen molar-refractivity contribution < 1.29 is 9.18 Å². The second-order valence-corrected chi connectivity index (χ2v) is 6.66. The number of carbonyl (C=O) groups is 1. The molecule has 2 rings (SSSR count). The van der Waals surface area contributed by atoms with E-state index in [2.05, 4.69) is 10.3 Å². The van der Waals surface area contributed by atoms with Gasteiger partial charge in [0, 0.05) is 12.3 Å². The third-order valence-corrected chi connectivity index (χ3v) is 3.59. The molecule has 1 atom stereocenters. The number of nitrogens with zero attached hydrogens (tertiary/aromatic N) is 1. The number of hydrogen-bond acceptors (Lipinski definition) is 3. The normalized spacial score (nSPS) is 12.7. The van der Waals surface area contributed by atoms with Crippen LogP contribution in [0.2, 0.25) is 0 Å². The predicted molar refractivity (Wildman–Crippen MR) is 88.1 cm³/mol. The highest BCUT2D eigenvalue weighted by Crippen LogP contribution is 2.32. The standard InChI is InChI=1S/C17H20FN3O3/c1-17(2,3)15(11-4-6-12(18)7-5-11)19-14(23)10-21-9-8-13(22)20-16(21)24/h4-9,15H,10H2,1-3H3,(H,19,23)(H,20,22,24). The summed E-state index contributed by atoms with van der Waals surface area (Å²) in [5.41, 5.74) is -0.711. The van der Waals surface area contributed by atoms with Gasteiger partial charge in [0.1, 0.15) is 12.4 Å². The number of halogens is 1. The highest BCUT2D eigenvalue weighted by Gasteiger charge is 2.28. The number of aromatic amines is 1. The topological polar surface area (TPSA) is 84.0 Å². The van der Waals surface area contributed by atoms with E-state index in [-0.39, 0.29) is 29.7 Å². The van der Waals surface area contributed by atoms with Crippen LogP contribution in [0.3, 0.4) is 0 Å². The zero-order valence-corrected chi connectivity index (χ0v) is 13.8. The summed E-state index contributed by atoms with van der Waals surface area (Å²) in [6.07, 6.45) is 1.27. The van der Waals surface area contributed by atoms with Crippen LogP contribution >= 0.6 is 0 Å². The second kappa shape index (κ2) is 6.82. The van der Waals surface area contributed by atoms with E-state index in [0.29, 0.717) is 0 Å². The number of rotatable bonds is 4. The number of carbonyl (C=O) groups excluding carboxylic acids is 1. The van der Waals surface area contributed by atoms with E-state index < -0.39 is 11.2 Å². The van der Waals surface area contributed by atoms with Gasteiger partial charge >= 0.3 is 5.69 Å². The van der Waals surface area contributed by atoms with E-state index in [9.17, 15) is 18.8 Å². The summed E-state index contributed by atoms with van der Waals surface area (Å²) < 4.78 is 14.2. The number of amides is 1. The van der Waals surface area contributed by atoms with Gasteiger partial charge in [-0.2, -0.15) is 0 Å². The van der Waals surface area contributed by atoms with E-state index in [4.69, 9.17) is 0 Å². The summed E-state index contributed by atoms with van der Waals surface area (Å²) in [5.74, 6) is -0.731. The summed E-state index contributed by atoms with van der Waals surface area (Å²) in [4.78, 5) is 37.1. The largest absolute Gasteiger partial charge is 0.347 e. The van der Waals surface area contributed by atoms with Gasteiger partial charge in [0.25, 0.3) is 5.56 Å². The van der Waals surface area contributed by atoms with Crippen molar-refractivity contribution in [2.75, 3.05) is 0 Å². The van der Waals surface area contributed by atoms with Crippen LogP contribution in [-0.4, -0.2) is 15.5 Å². The number of benzene rings is 1. The highest BCUT2D eigenvalue weighted by molar-refractivity contribution is 5.76. The SMILES string of the molecule is CC(C)(C)C(NC(=O)Cn1ccc(=O)[nH]c1=O)c1ccc(F)cc1. The molecule has 0 radical (unpaired) electrons. The first-order valence-electron chi connectivity index (χ1n) is 7.51. The maximum atomic E-state index is 13.1. The molecule has 0 aliphatic rings. The van der Waals surface area contributed by atoms with E-state index in [0.717, 1.165) is 10.1 Å². The first-order chi connectivity index (χ1) is 11.2. The van der Waals surface area contributed by atoms with Gasteiger partial charge in [-0.05, 0) is 23.1 Å². The van der Waals surface area contributed by atoms with Crippen molar-refractivity contribution >= 4 is 5.91 Å². The van der Waals surface area contributed by atoms with Gasteiger partial charge in [-0.25, -0.2) is 9.18 Å². The number of aromatic nitrogens is 2. The molecule has 0 aliphatic carbocycles. The summed E-state index contributed by atoms with van der Waals surface area (Å²) in [6.45, 7) is 5.64. The fraction of sp³-hybridized carbons (Fsp3) is 0.353. The van der Waals surface area contributed by atoms with E-state index in [1.165, 1.54) is 24.4 Å². The van der Waals surface area contributed by atoms with Crippen LogP contribution in [0.4, 0.5) is 4.39 Å². The molecule has 7 heteroatoms. The van der Waals surface area contributed by atoms with Crippen LogP contribution < -0.4 is 16.6 Å². The lowest BCUT2D eigenvalue weighted by Gasteiger charge is -2.32. The minimum Gasteiger partial charge on any atom is -0.347 e. The molecule has 1 aromatic carbocycles. The van der Waals surface area contributed by atoms with Crippen molar-refractivity contribution in [3.63, 3.8) is 0 Å². The lowest BCUT2D eigenvalue weighted by molar-refractivity contribution is -0.123. The van der Waals surface area contributed by atoms with Crippen LogP contribution in [0.5, 0.6) is 0 Å². The van der Waals surface area contributed by atoms with Crippen molar-refractivity contribution in [1.29, 1.82) is 0 Å². The number of hydrogen-bond donors (Lipinski definition) is 2. The van der Waals surface area contributed by atoms with Crippen LogP contribution in [0.15, 0.2) is 46.1 Å². The van der Waals surface area contributed by atoms with E-state index in [1.54, 1.807) is 12.1 Å². The molecule has 2 N–H and O–H groups in total. The second-order valence-electron chi connectivity index (χ2n) is 6.66. The van der Waals surface area contributed by atoms with Gasteiger partial charge in [-0.3, -0.25) is 19.1 Å². The van der Waals surface area contributed by atoms with Crippen LogP contribution in [0, 0.1) is 11.2 Å². The molecule has 1 amide bonds. The Hall–Kier alpha value is -2.70. The minimum atomic E-state index is -0.647. The Bertz CT molecular complexity index is 832. The average Bonchev–Trinajstić information content (AvgIpc) is 2.48. The smallest absolute Gasteiger partial charge is 0.328 e. The van der Waals surface area contributed by atoms with Gasteiger partial charge in [0.05, 0.1) is 6.04 Å². The summed E-state index contributed by atoms with van der Waals surface area (Å²) in [7, 11) is 0. The van der Waals surface area contributed by atoms with E-state index in [1.807, 2.05) is 20.8 Å². The molecule has 0 aliphatic heterocycles. The maximum Gasteiger partial charge on any atom is 0.328 e. The molecule has 0 bridgehead atoms. The first-order valence-corrected chi connectivity index (χ1v) is 7.51. The van der Waals surface area contributed by atoms with Crippen LogP contribution in [0.25, 0.3) is 0 Å². The number of H-pyrrole nitrogens is 1. The molecular formula is C17H20FN3O3. The van der Waals surface area contributed by atoms with Crippen molar-refractivity contribution in [2.24, 2.45) is 5.41 Å². The predicted octanol–water partition coefficient (Wildman–Crippen LogP) is 1.58. The zero-order valence-electron chi connectivity index (χ0n) is 13.8. The summed E-state index contributed by atoms with van der Waals surface area (Å²) in [6, 6.07) is 6.74. The molecule has 2 aromatic rings. The summed E-state index contributed by atoms with van der Waals surface area (Å²) in [5, 5.41) is 2.87. The Kier molecular flexibility index (Phi) is 5.02. The molecule has 24 heavy (non-hydrogen) atoms. The lowest BCUT2D eigenvalue weighted by atomic mass is 9.82.